The van der Waals surface area contributed by atoms with Crippen LogP contribution in [-0.2, 0) is 6.42 Å². The van der Waals surface area contributed by atoms with Crippen LogP contribution in [0.15, 0.2) is 42.5 Å². The van der Waals surface area contributed by atoms with Gasteiger partial charge in [0.15, 0.2) is 0 Å². The Labute approximate surface area is 124 Å². The minimum absolute atomic E-state index is 0.131. The van der Waals surface area contributed by atoms with Gasteiger partial charge in [-0.15, -0.1) is 0 Å². The van der Waals surface area contributed by atoms with Gasteiger partial charge in [0.25, 0.3) is 5.91 Å². The van der Waals surface area contributed by atoms with Crippen LogP contribution in [0, 0.1) is 6.92 Å². The smallest absolute Gasteiger partial charge is 0.253 e. The number of methoxy groups -OCH3 is 1. The van der Waals surface area contributed by atoms with E-state index in [0.717, 1.165) is 23.3 Å². The molecule has 0 unspecified atom stereocenters. The number of anilines is 1. The van der Waals surface area contributed by atoms with E-state index in [0.29, 0.717) is 17.8 Å². The standard InChI is InChI=1S/C17H20N2O2/c1-12-5-3-8-15(18)16(12)17(20)19-10-9-13-6-4-7-14(11-13)21-2/h3-8,11H,9-10,18H2,1-2H3,(H,19,20). The van der Waals surface area contributed by atoms with Crippen molar-refractivity contribution in [3.8, 4) is 5.75 Å². The van der Waals surface area contributed by atoms with Gasteiger partial charge in [0.1, 0.15) is 5.75 Å². The number of hydrogen-bond acceptors (Lipinski definition) is 3. The number of nitrogen functional groups attached to an aromatic ring is 1. The molecule has 4 heteroatoms. The van der Waals surface area contributed by atoms with Crippen LogP contribution < -0.4 is 15.8 Å². The third-order valence-electron chi connectivity index (χ3n) is 3.37. The third-order valence-corrected chi connectivity index (χ3v) is 3.37. The molecule has 0 radical (unpaired) electrons. The van der Waals surface area contributed by atoms with Gasteiger partial charge in [0.2, 0.25) is 0 Å². The molecule has 0 spiro atoms. The zero-order valence-corrected chi connectivity index (χ0v) is 12.3. The number of benzene rings is 2. The predicted octanol–water partition coefficient (Wildman–Crippen LogP) is 2.56. The highest BCUT2D eigenvalue weighted by atomic mass is 16.5. The first-order valence-electron chi connectivity index (χ1n) is 6.88. The predicted molar refractivity (Wildman–Crippen MR) is 84.6 cm³/mol. The fraction of sp³-hybridized carbons (Fsp3) is 0.235. The second kappa shape index (κ2) is 6.79. The van der Waals surface area contributed by atoms with E-state index in [1.807, 2.05) is 43.3 Å². The molecule has 2 aromatic carbocycles. The van der Waals surface area contributed by atoms with E-state index in [-0.39, 0.29) is 5.91 Å². The molecule has 1 amide bonds. The first kappa shape index (κ1) is 14.9. The molecule has 110 valence electrons. The van der Waals surface area contributed by atoms with E-state index in [1.54, 1.807) is 13.2 Å². The number of carbonyl (C=O) groups excluding carboxylic acids is 1. The van der Waals surface area contributed by atoms with Crippen LogP contribution in [0.1, 0.15) is 21.5 Å². The van der Waals surface area contributed by atoms with Gasteiger partial charge in [-0.3, -0.25) is 4.79 Å². The van der Waals surface area contributed by atoms with Crippen molar-refractivity contribution in [3.63, 3.8) is 0 Å². The number of nitrogens with one attached hydrogen (secondary N) is 1. The lowest BCUT2D eigenvalue weighted by atomic mass is 10.1. The van der Waals surface area contributed by atoms with Gasteiger partial charge in [-0.1, -0.05) is 24.3 Å². The molecule has 0 aliphatic carbocycles. The summed E-state index contributed by atoms with van der Waals surface area (Å²) in [5.41, 5.74) is 8.93. The molecule has 0 saturated heterocycles. The number of amides is 1. The fourth-order valence-corrected chi connectivity index (χ4v) is 2.24. The first-order chi connectivity index (χ1) is 10.1. The average molecular weight is 284 g/mol. The van der Waals surface area contributed by atoms with Crippen molar-refractivity contribution in [1.29, 1.82) is 0 Å². The molecular weight excluding hydrogens is 264 g/mol. The molecule has 0 bridgehead atoms. The van der Waals surface area contributed by atoms with Crippen molar-refractivity contribution in [2.24, 2.45) is 0 Å². The van der Waals surface area contributed by atoms with E-state index < -0.39 is 0 Å². The number of hydrogen-bond donors (Lipinski definition) is 2. The third kappa shape index (κ3) is 3.75. The summed E-state index contributed by atoms with van der Waals surface area (Å²) in [4.78, 5) is 12.2. The minimum Gasteiger partial charge on any atom is -0.497 e. The van der Waals surface area contributed by atoms with Crippen LogP contribution >= 0.6 is 0 Å². The van der Waals surface area contributed by atoms with Crippen LogP contribution in [0.4, 0.5) is 5.69 Å². The molecule has 0 aliphatic heterocycles. The normalized spacial score (nSPS) is 10.2. The van der Waals surface area contributed by atoms with Gasteiger partial charge in [-0.05, 0) is 42.7 Å². The summed E-state index contributed by atoms with van der Waals surface area (Å²) in [6.45, 7) is 2.44. The maximum absolute atomic E-state index is 12.2. The quantitative estimate of drug-likeness (QED) is 0.829. The Kier molecular flexibility index (Phi) is 4.82. The molecule has 4 nitrogen and oxygen atoms in total. The molecule has 0 heterocycles. The Hall–Kier alpha value is -2.49. The summed E-state index contributed by atoms with van der Waals surface area (Å²) in [6.07, 6.45) is 0.745. The van der Waals surface area contributed by atoms with Gasteiger partial charge in [0.05, 0.1) is 12.7 Å². The van der Waals surface area contributed by atoms with Crippen LogP contribution in [0.2, 0.25) is 0 Å². The molecular formula is C17H20N2O2. The molecule has 3 N–H and O–H groups in total. The van der Waals surface area contributed by atoms with Crippen molar-refractivity contribution >= 4 is 11.6 Å². The van der Waals surface area contributed by atoms with E-state index in [1.165, 1.54) is 0 Å². The van der Waals surface area contributed by atoms with Crippen molar-refractivity contribution < 1.29 is 9.53 Å². The second-order valence-corrected chi connectivity index (χ2v) is 4.90. The highest BCUT2D eigenvalue weighted by molar-refractivity contribution is 6.00. The summed E-state index contributed by atoms with van der Waals surface area (Å²) in [5.74, 6) is 0.690. The van der Waals surface area contributed by atoms with Gasteiger partial charge in [-0.2, -0.15) is 0 Å². The van der Waals surface area contributed by atoms with Gasteiger partial charge in [-0.25, -0.2) is 0 Å². The van der Waals surface area contributed by atoms with Gasteiger partial charge >= 0.3 is 0 Å². The second-order valence-electron chi connectivity index (χ2n) is 4.90. The van der Waals surface area contributed by atoms with Crippen LogP contribution in [0.25, 0.3) is 0 Å². The number of nitrogens with two attached hydrogens (primary N) is 1. The highest BCUT2D eigenvalue weighted by Gasteiger charge is 2.11. The van der Waals surface area contributed by atoms with Crippen LogP contribution in [-0.4, -0.2) is 19.6 Å². The highest BCUT2D eigenvalue weighted by Crippen LogP contribution is 2.16. The molecule has 0 aliphatic rings. The maximum atomic E-state index is 12.2. The van der Waals surface area contributed by atoms with Crippen molar-refractivity contribution in [2.45, 2.75) is 13.3 Å². The van der Waals surface area contributed by atoms with E-state index >= 15 is 0 Å². The monoisotopic (exact) mass is 284 g/mol. The number of rotatable bonds is 5. The van der Waals surface area contributed by atoms with Crippen molar-refractivity contribution in [3.05, 3.63) is 59.2 Å². The van der Waals surface area contributed by atoms with Crippen LogP contribution in [0.3, 0.4) is 0 Å². The summed E-state index contributed by atoms with van der Waals surface area (Å²) in [6, 6.07) is 13.3. The summed E-state index contributed by atoms with van der Waals surface area (Å²) < 4.78 is 5.18. The SMILES string of the molecule is COc1cccc(CCNC(=O)c2c(C)cccc2N)c1. The lowest BCUT2D eigenvalue weighted by Gasteiger charge is -2.10. The number of ether oxygens (including phenoxy) is 1. The molecule has 2 aromatic rings. The van der Waals surface area contributed by atoms with E-state index in [2.05, 4.69) is 5.32 Å². The lowest BCUT2D eigenvalue weighted by Crippen LogP contribution is -2.27. The van der Waals surface area contributed by atoms with E-state index in [4.69, 9.17) is 10.5 Å². The average Bonchev–Trinajstić information content (AvgIpc) is 2.47. The van der Waals surface area contributed by atoms with Crippen molar-refractivity contribution in [2.75, 3.05) is 19.4 Å². The molecule has 0 atom stereocenters. The largest absolute Gasteiger partial charge is 0.497 e. The van der Waals surface area contributed by atoms with Crippen molar-refractivity contribution in [1.82, 2.24) is 5.32 Å². The Morgan fingerprint density at radius 2 is 2.00 bits per heavy atom. The molecule has 0 saturated carbocycles. The van der Waals surface area contributed by atoms with E-state index in [9.17, 15) is 4.79 Å². The number of aryl methyl sites for hydroxylation is 1. The molecule has 0 fully saturated rings. The zero-order valence-electron chi connectivity index (χ0n) is 12.3. The summed E-state index contributed by atoms with van der Waals surface area (Å²) in [7, 11) is 1.64. The molecule has 2 rings (SSSR count). The number of carbonyl (C=O) groups is 1. The van der Waals surface area contributed by atoms with Gasteiger partial charge < -0.3 is 15.8 Å². The Morgan fingerprint density at radius 3 is 2.71 bits per heavy atom. The minimum atomic E-state index is -0.131. The molecule has 21 heavy (non-hydrogen) atoms. The topological polar surface area (TPSA) is 64.3 Å². The zero-order chi connectivity index (χ0) is 15.2. The Balaban J connectivity index is 1.95. The maximum Gasteiger partial charge on any atom is 0.253 e. The van der Waals surface area contributed by atoms with Gasteiger partial charge in [0, 0.05) is 12.2 Å². The first-order valence-corrected chi connectivity index (χ1v) is 6.88. The van der Waals surface area contributed by atoms with Crippen LogP contribution in [0.5, 0.6) is 5.75 Å². The Bertz CT molecular complexity index is 618. The summed E-state index contributed by atoms with van der Waals surface area (Å²) in [5, 5.41) is 2.91. The fourth-order valence-electron chi connectivity index (χ4n) is 2.24. The lowest BCUT2D eigenvalue weighted by molar-refractivity contribution is 0.0954. The summed E-state index contributed by atoms with van der Waals surface area (Å²) >= 11 is 0. The Morgan fingerprint density at radius 1 is 1.24 bits per heavy atom. The molecule has 0 aromatic heterocycles.